The monoisotopic (exact) mass is 318 g/mol. The summed E-state index contributed by atoms with van der Waals surface area (Å²) in [5, 5.41) is 12.2. The molecule has 1 amide bonds. The lowest BCUT2D eigenvalue weighted by atomic mass is 10.0. The van der Waals surface area contributed by atoms with Gasteiger partial charge in [0.15, 0.2) is 0 Å². The van der Waals surface area contributed by atoms with E-state index in [0.717, 1.165) is 16.8 Å². The second kappa shape index (κ2) is 7.51. The maximum absolute atomic E-state index is 11.8. The highest BCUT2D eigenvalue weighted by Crippen LogP contribution is 2.28. The van der Waals surface area contributed by atoms with Crippen LogP contribution in [0.1, 0.15) is 44.0 Å². The maximum Gasteiger partial charge on any atom is 0.220 e. The van der Waals surface area contributed by atoms with Crippen molar-refractivity contribution in [3.8, 4) is 10.4 Å². The summed E-state index contributed by atoms with van der Waals surface area (Å²) in [6.45, 7) is 5.66. The molecule has 0 fully saturated rings. The number of aryl methyl sites for hydroxylation is 1. The van der Waals surface area contributed by atoms with Crippen LogP contribution < -0.4 is 5.32 Å². The van der Waals surface area contributed by atoms with Gasteiger partial charge >= 0.3 is 0 Å². The fourth-order valence-electron chi connectivity index (χ4n) is 2.24. The first kappa shape index (κ1) is 16.6. The van der Waals surface area contributed by atoms with Crippen molar-refractivity contribution in [1.82, 2.24) is 10.3 Å². The molecule has 0 bridgehead atoms. The Labute approximate surface area is 135 Å². The van der Waals surface area contributed by atoms with Gasteiger partial charge in [-0.1, -0.05) is 24.3 Å². The van der Waals surface area contributed by atoms with Crippen LogP contribution in [0, 0.1) is 6.92 Å². The Bertz CT molecular complexity index is 620. The van der Waals surface area contributed by atoms with E-state index < -0.39 is 6.10 Å². The minimum absolute atomic E-state index is 0.0317. The summed E-state index contributed by atoms with van der Waals surface area (Å²) in [7, 11) is 0. The van der Waals surface area contributed by atoms with E-state index in [1.54, 1.807) is 18.3 Å². The van der Waals surface area contributed by atoms with E-state index in [1.165, 1.54) is 4.88 Å². The topological polar surface area (TPSA) is 62.2 Å². The molecule has 0 unspecified atom stereocenters. The largest absolute Gasteiger partial charge is 0.393 e. The first-order valence-electron chi connectivity index (χ1n) is 7.45. The molecule has 0 saturated heterocycles. The zero-order valence-corrected chi connectivity index (χ0v) is 14.0. The van der Waals surface area contributed by atoms with Crippen molar-refractivity contribution in [2.24, 2.45) is 0 Å². The molecule has 2 rings (SSSR count). The number of rotatable bonds is 6. The molecule has 1 aromatic heterocycles. The van der Waals surface area contributed by atoms with Crippen molar-refractivity contribution in [3.05, 3.63) is 41.0 Å². The van der Waals surface area contributed by atoms with Gasteiger partial charge in [-0.15, -0.1) is 11.3 Å². The zero-order valence-electron chi connectivity index (χ0n) is 13.2. The molecule has 1 aromatic carbocycles. The molecule has 0 saturated carbocycles. The van der Waals surface area contributed by atoms with Crippen LogP contribution in [-0.2, 0) is 4.79 Å². The minimum atomic E-state index is -0.442. The molecule has 5 heteroatoms. The number of thiazole rings is 1. The Morgan fingerprint density at radius 2 is 2.00 bits per heavy atom. The Morgan fingerprint density at radius 3 is 2.55 bits per heavy atom. The summed E-state index contributed by atoms with van der Waals surface area (Å²) < 4.78 is 0. The van der Waals surface area contributed by atoms with Gasteiger partial charge in [-0.3, -0.25) is 4.79 Å². The van der Waals surface area contributed by atoms with Gasteiger partial charge < -0.3 is 10.4 Å². The molecule has 2 N–H and O–H groups in total. The molecule has 2 atom stereocenters. The fraction of sp³-hybridized carbons (Fsp3) is 0.412. The Hall–Kier alpha value is -1.72. The lowest BCUT2D eigenvalue weighted by Gasteiger charge is -2.15. The molecule has 0 aliphatic heterocycles. The normalized spacial score (nSPS) is 13.6. The van der Waals surface area contributed by atoms with E-state index in [1.807, 2.05) is 31.5 Å². The fourth-order valence-corrected chi connectivity index (χ4v) is 3.05. The van der Waals surface area contributed by atoms with Crippen LogP contribution >= 0.6 is 11.3 Å². The molecule has 0 aliphatic carbocycles. The molecule has 2 aromatic rings. The molecular weight excluding hydrogens is 296 g/mol. The first-order chi connectivity index (χ1) is 10.5. The van der Waals surface area contributed by atoms with Crippen molar-refractivity contribution in [3.63, 3.8) is 0 Å². The smallest absolute Gasteiger partial charge is 0.220 e. The Morgan fingerprint density at radius 1 is 1.32 bits per heavy atom. The van der Waals surface area contributed by atoms with Gasteiger partial charge in [0.25, 0.3) is 0 Å². The standard InChI is InChI=1S/C17H22N2O2S/c1-11(20)4-9-16(21)19-12(2)14-5-7-15(8-6-14)17-13(3)18-10-22-17/h5-8,10-12,20H,4,9H2,1-3H3,(H,19,21)/t11-,12-/m0/s1. The number of nitrogens with zero attached hydrogens (tertiary/aromatic N) is 1. The van der Waals surface area contributed by atoms with E-state index in [4.69, 9.17) is 0 Å². The van der Waals surface area contributed by atoms with Crippen LogP contribution in [0.3, 0.4) is 0 Å². The lowest BCUT2D eigenvalue weighted by molar-refractivity contribution is -0.122. The number of hydrogen-bond donors (Lipinski definition) is 2. The van der Waals surface area contributed by atoms with Crippen molar-refractivity contribution in [1.29, 1.82) is 0 Å². The summed E-state index contributed by atoms with van der Waals surface area (Å²) in [5.74, 6) is -0.0317. The van der Waals surface area contributed by atoms with Crippen molar-refractivity contribution < 1.29 is 9.90 Å². The Kier molecular flexibility index (Phi) is 5.69. The average Bonchev–Trinajstić information content (AvgIpc) is 2.91. The van der Waals surface area contributed by atoms with E-state index in [2.05, 4.69) is 22.4 Å². The SMILES string of the molecule is Cc1ncsc1-c1ccc([C@H](C)NC(=O)CC[C@H](C)O)cc1. The number of amides is 1. The number of aliphatic hydroxyl groups is 1. The van der Waals surface area contributed by atoms with Gasteiger partial charge in [0, 0.05) is 6.42 Å². The summed E-state index contributed by atoms with van der Waals surface area (Å²) in [4.78, 5) is 17.2. The molecule has 1 heterocycles. The molecule has 0 spiro atoms. The summed E-state index contributed by atoms with van der Waals surface area (Å²) >= 11 is 1.63. The number of aromatic nitrogens is 1. The average molecular weight is 318 g/mol. The minimum Gasteiger partial charge on any atom is -0.393 e. The first-order valence-corrected chi connectivity index (χ1v) is 8.33. The highest BCUT2D eigenvalue weighted by molar-refractivity contribution is 7.13. The predicted octanol–water partition coefficient (Wildman–Crippen LogP) is 3.46. The van der Waals surface area contributed by atoms with Crippen LogP contribution in [0.2, 0.25) is 0 Å². The van der Waals surface area contributed by atoms with Gasteiger partial charge in [-0.2, -0.15) is 0 Å². The number of carbonyl (C=O) groups is 1. The summed E-state index contributed by atoms with van der Waals surface area (Å²) in [5.41, 5.74) is 5.11. The molecule has 0 aliphatic rings. The van der Waals surface area contributed by atoms with Crippen LogP contribution in [-0.4, -0.2) is 22.1 Å². The number of nitrogens with one attached hydrogen (secondary N) is 1. The van der Waals surface area contributed by atoms with Crippen LogP contribution in [0.4, 0.5) is 0 Å². The number of carbonyl (C=O) groups excluding carboxylic acids is 1. The molecule has 4 nitrogen and oxygen atoms in total. The van der Waals surface area contributed by atoms with Crippen molar-refractivity contribution in [2.75, 3.05) is 0 Å². The number of aliphatic hydroxyl groups excluding tert-OH is 1. The summed E-state index contributed by atoms with van der Waals surface area (Å²) in [6.07, 6.45) is 0.394. The van der Waals surface area contributed by atoms with Crippen molar-refractivity contribution >= 4 is 17.2 Å². The van der Waals surface area contributed by atoms with Crippen LogP contribution in [0.15, 0.2) is 29.8 Å². The second-order valence-electron chi connectivity index (χ2n) is 5.57. The lowest BCUT2D eigenvalue weighted by Crippen LogP contribution is -2.27. The zero-order chi connectivity index (χ0) is 16.1. The highest BCUT2D eigenvalue weighted by Gasteiger charge is 2.11. The highest BCUT2D eigenvalue weighted by atomic mass is 32.1. The van der Waals surface area contributed by atoms with E-state index in [9.17, 15) is 9.90 Å². The van der Waals surface area contributed by atoms with Gasteiger partial charge in [0.05, 0.1) is 28.2 Å². The van der Waals surface area contributed by atoms with Gasteiger partial charge in [-0.05, 0) is 38.3 Å². The van der Waals surface area contributed by atoms with E-state index >= 15 is 0 Å². The van der Waals surface area contributed by atoms with Gasteiger partial charge in [-0.25, -0.2) is 4.98 Å². The van der Waals surface area contributed by atoms with E-state index in [0.29, 0.717) is 12.8 Å². The third-order valence-corrected chi connectivity index (χ3v) is 4.56. The van der Waals surface area contributed by atoms with Crippen LogP contribution in [0.5, 0.6) is 0 Å². The maximum atomic E-state index is 11.8. The molecule has 0 radical (unpaired) electrons. The molecular formula is C17H22N2O2S. The molecule has 22 heavy (non-hydrogen) atoms. The predicted molar refractivity (Wildman–Crippen MR) is 89.8 cm³/mol. The summed E-state index contributed by atoms with van der Waals surface area (Å²) in [6, 6.07) is 8.16. The van der Waals surface area contributed by atoms with Gasteiger partial charge in [0.2, 0.25) is 5.91 Å². The second-order valence-corrected chi connectivity index (χ2v) is 6.42. The molecule has 118 valence electrons. The third-order valence-electron chi connectivity index (χ3n) is 3.59. The quantitative estimate of drug-likeness (QED) is 0.857. The number of hydrogen-bond acceptors (Lipinski definition) is 4. The van der Waals surface area contributed by atoms with Gasteiger partial charge in [0.1, 0.15) is 0 Å². The Balaban J connectivity index is 1.98. The number of benzene rings is 1. The van der Waals surface area contributed by atoms with Crippen LogP contribution in [0.25, 0.3) is 10.4 Å². The third kappa shape index (κ3) is 4.39. The van der Waals surface area contributed by atoms with Crippen molar-refractivity contribution in [2.45, 2.75) is 45.8 Å². The van der Waals surface area contributed by atoms with E-state index in [-0.39, 0.29) is 11.9 Å².